The van der Waals surface area contributed by atoms with Crippen molar-refractivity contribution in [1.29, 1.82) is 0 Å². The van der Waals surface area contributed by atoms with E-state index in [-0.39, 0.29) is 0 Å². The molecule has 3 heteroatoms. The van der Waals surface area contributed by atoms with Crippen molar-refractivity contribution in [2.75, 3.05) is 0 Å². The van der Waals surface area contributed by atoms with Gasteiger partial charge in [0.1, 0.15) is 11.2 Å². The van der Waals surface area contributed by atoms with E-state index in [4.69, 9.17) is 14.4 Å². The third kappa shape index (κ3) is 5.67. The molecule has 11 aromatic rings. The number of furan rings is 1. The average molecular weight is 791 g/mol. The van der Waals surface area contributed by atoms with E-state index in [1.165, 1.54) is 38.9 Å². The van der Waals surface area contributed by atoms with E-state index >= 15 is 0 Å². The van der Waals surface area contributed by atoms with Gasteiger partial charge in [0.15, 0.2) is 5.82 Å². The first-order valence-corrected chi connectivity index (χ1v) is 21.1. The molecular formula is C59H38N2O. The summed E-state index contributed by atoms with van der Waals surface area (Å²) in [5.41, 5.74) is 18.0. The maximum Gasteiger partial charge on any atom is 0.160 e. The highest BCUT2D eigenvalue weighted by Gasteiger charge is 2.47. The molecule has 1 aliphatic rings. The first-order chi connectivity index (χ1) is 30.7. The predicted octanol–water partition coefficient (Wildman–Crippen LogP) is 15.1. The summed E-state index contributed by atoms with van der Waals surface area (Å²) in [5.74, 6) is 0.679. The van der Waals surface area contributed by atoms with Gasteiger partial charge in [0.25, 0.3) is 0 Å². The van der Waals surface area contributed by atoms with Crippen LogP contribution in [0.3, 0.4) is 0 Å². The molecule has 0 aliphatic heterocycles. The lowest BCUT2D eigenvalue weighted by Crippen LogP contribution is -2.29. The lowest BCUT2D eigenvalue weighted by Gasteiger charge is -2.35. The van der Waals surface area contributed by atoms with E-state index in [1.807, 2.05) is 30.3 Å². The van der Waals surface area contributed by atoms with Crippen molar-refractivity contribution in [3.8, 4) is 67.3 Å². The lowest BCUT2D eigenvalue weighted by molar-refractivity contribution is 0.669. The zero-order valence-electron chi connectivity index (χ0n) is 33.7. The molecule has 9 aromatic carbocycles. The van der Waals surface area contributed by atoms with Crippen LogP contribution in [-0.2, 0) is 5.41 Å². The minimum Gasteiger partial charge on any atom is -0.456 e. The van der Waals surface area contributed by atoms with E-state index in [1.54, 1.807) is 0 Å². The molecule has 1 aliphatic carbocycles. The third-order valence-electron chi connectivity index (χ3n) is 12.6. The molecule has 0 fully saturated rings. The Balaban J connectivity index is 1.06. The Morgan fingerprint density at radius 2 is 0.855 bits per heavy atom. The topological polar surface area (TPSA) is 38.9 Å². The summed E-state index contributed by atoms with van der Waals surface area (Å²) in [6, 6.07) is 82.3. The fraction of sp³-hybridized carbons (Fsp3) is 0.0169. The summed E-state index contributed by atoms with van der Waals surface area (Å²) in [7, 11) is 0. The molecule has 0 radical (unpaired) electrons. The Hall–Kier alpha value is -8.14. The van der Waals surface area contributed by atoms with Crippen LogP contribution in [0.2, 0.25) is 0 Å². The first-order valence-electron chi connectivity index (χ1n) is 21.1. The van der Waals surface area contributed by atoms with Gasteiger partial charge in [-0.2, -0.15) is 0 Å². The zero-order chi connectivity index (χ0) is 41.0. The molecule has 12 rings (SSSR count). The molecule has 0 saturated carbocycles. The van der Waals surface area contributed by atoms with Crippen molar-refractivity contribution in [3.63, 3.8) is 0 Å². The molecule has 0 atom stereocenters. The van der Waals surface area contributed by atoms with Crippen molar-refractivity contribution in [2.24, 2.45) is 0 Å². The molecule has 0 saturated heterocycles. The minimum atomic E-state index is -0.559. The lowest BCUT2D eigenvalue weighted by atomic mass is 9.66. The highest BCUT2D eigenvalue weighted by molar-refractivity contribution is 6.06. The zero-order valence-corrected chi connectivity index (χ0v) is 33.7. The average Bonchev–Trinajstić information content (AvgIpc) is 3.88. The number of rotatable bonds is 7. The minimum absolute atomic E-state index is 0.559. The van der Waals surface area contributed by atoms with Gasteiger partial charge >= 0.3 is 0 Å². The molecule has 2 heterocycles. The molecule has 2 aromatic heterocycles. The van der Waals surface area contributed by atoms with Crippen LogP contribution >= 0.6 is 0 Å². The van der Waals surface area contributed by atoms with E-state index in [2.05, 4.69) is 200 Å². The molecule has 3 nitrogen and oxygen atoms in total. The summed E-state index contributed by atoms with van der Waals surface area (Å²) in [5, 5.41) is 2.22. The smallest absolute Gasteiger partial charge is 0.160 e. The number of benzene rings is 9. The second kappa shape index (κ2) is 14.5. The van der Waals surface area contributed by atoms with Crippen LogP contribution in [0.1, 0.15) is 22.3 Å². The number of para-hydroxylation sites is 1. The van der Waals surface area contributed by atoms with Crippen LogP contribution in [0, 0.1) is 0 Å². The molecule has 0 N–H and O–H groups in total. The van der Waals surface area contributed by atoms with Crippen LogP contribution in [0.4, 0.5) is 0 Å². The molecule has 0 bridgehead atoms. The monoisotopic (exact) mass is 790 g/mol. The van der Waals surface area contributed by atoms with Gasteiger partial charge in [-0.25, -0.2) is 9.97 Å². The number of fused-ring (bicyclic) bond motifs is 6. The van der Waals surface area contributed by atoms with Gasteiger partial charge in [-0.15, -0.1) is 0 Å². The van der Waals surface area contributed by atoms with Crippen LogP contribution in [0.15, 0.2) is 235 Å². The van der Waals surface area contributed by atoms with Gasteiger partial charge in [-0.3, -0.25) is 0 Å². The summed E-state index contributed by atoms with van der Waals surface area (Å²) >= 11 is 0. The van der Waals surface area contributed by atoms with E-state index in [0.29, 0.717) is 5.82 Å². The van der Waals surface area contributed by atoms with Crippen molar-refractivity contribution in [2.45, 2.75) is 5.41 Å². The highest BCUT2D eigenvalue weighted by atomic mass is 16.3. The van der Waals surface area contributed by atoms with Gasteiger partial charge in [-0.1, -0.05) is 200 Å². The Morgan fingerprint density at radius 3 is 1.63 bits per heavy atom. The van der Waals surface area contributed by atoms with Gasteiger partial charge in [-0.05, 0) is 86.0 Å². The fourth-order valence-corrected chi connectivity index (χ4v) is 9.88. The Bertz CT molecular complexity index is 3420. The summed E-state index contributed by atoms with van der Waals surface area (Å²) < 4.78 is 6.17. The number of hydrogen-bond donors (Lipinski definition) is 0. The van der Waals surface area contributed by atoms with Crippen molar-refractivity contribution >= 4 is 21.9 Å². The van der Waals surface area contributed by atoms with Gasteiger partial charge in [0.05, 0.1) is 16.8 Å². The summed E-state index contributed by atoms with van der Waals surface area (Å²) in [4.78, 5) is 10.7. The Morgan fingerprint density at radius 1 is 0.323 bits per heavy atom. The maximum atomic E-state index is 6.17. The van der Waals surface area contributed by atoms with Crippen LogP contribution in [0.25, 0.3) is 89.2 Å². The van der Waals surface area contributed by atoms with Crippen LogP contribution in [0.5, 0.6) is 0 Å². The van der Waals surface area contributed by atoms with Crippen LogP contribution < -0.4 is 0 Å². The second-order valence-electron chi connectivity index (χ2n) is 16.0. The summed E-state index contributed by atoms with van der Waals surface area (Å²) in [6.07, 6.45) is 0. The molecular weight excluding hydrogens is 753 g/mol. The molecule has 0 unspecified atom stereocenters. The Kier molecular flexibility index (Phi) is 8.39. The van der Waals surface area contributed by atoms with Gasteiger partial charge in [0.2, 0.25) is 0 Å². The summed E-state index contributed by atoms with van der Waals surface area (Å²) in [6.45, 7) is 0. The third-order valence-corrected chi connectivity index (χ3v) is 12.6. The number of hydrogen-bond acceptors (Lipinski definition) is 3. The number of aromatic nitrogens is 2. The first kappa shape index (κ1) is 35.8. The van der Waals surface area contributed by atoms with E-state index in [9.17, 15) is 0 Å². The van der Waals surface area contributed by atoms with Gasteiger partial charge < -0.3 is 4.42 Å². The predicted molar refractivity (Wildman–Crippen MR) is 254 cm³/mol. The molecule has 0 amide bonds. The standard InChI is InChI=1S/C59H38N2O/c1-4-18-39(19-5-1)58-60-53(42-21-16-20-40(36-42)41-34-35-56-51(37-41)48-29-13-15-33-55(48)62-56)38-54(61-58)47-28-11-10-26-45(47)49-30-17-31-50-46-27-12-14-32-52(46)59(57(49)50,43-22-6-2-7-23-43)44-24-8-3-9-25-44/h1-38H. The van der Waals surface area contributed by atoms with Crippen LogP contribution in [-0.4, -0.2) is 9.97 Å². The van der Waals surface area contributed by atoms with Crippen molar-refractivity contribution in [3.05, 3.63) is 253 Å². The van der Waals surface area contributed by atoms with E-state index in [0.717, 1.165) is 66.7 Å². The quantitative estimate of drug-likeness (QED) is 0.161. The van der Waals surface area contributed by atoms with E-state index < -0.39 is 5.41 Å². The number of nitrogens with zero attached hydrogens (tertiary/aromatic N) is 2. The maximum absolute atomic E-state index is 6.17. The molecule has 290 valence electrons. The Labute approximate surface area is 360 Å². The molecule has 0 spiro atoms. The fourth-order valence-electron chi connectivity index (χ4n) is 9.88. The highest BCUT2D eigenvalue weighted by Crippen LogP contribution is 2.59. The molecule has 62 heavy (non-hydrogen) atoms. The van der Waals surface area contributed by atoms with Crippen molar-refractivity contribution < 1.29 is 4.42 Å². The second-order valence-corrected chi connectivity index (χ2v) is 16.0. The SMILES string of the molecule is c1ccc(-c2nc(-c3cccc(-c4ccc5oc6ccccc6c5c4)c3)cc(-c3ccccc3-c3cccc4c3C(c3ccccc3)(c3ccccc3)c3ccccc3-4)n2)cc1. The van der Waals surface area contributed by atoms with Gasteiger partial charge in [0, 0.05) is 27.5 Å². The van der Waals surface area contributed by atoms with Crippen molar-refractivity contribution in [1.82, 2.24) is 9.97 Å². The largest absolute Gasteiger partial charge is 0.456 e. The normalized spacial score (nSPS) is 12.6.